The highest BCUT2D eigenvalue weighted by Crippen LogP contribution is 2.56. The van der Waals surface area contributed by atoms with E-state index in [1.807, 2.05) is 54.6 Å². The molecule has 2 aliphatic carbocycles. The van der Waals surface area contributed by atoms with E-state index in [1.54, 1.807) is 24.3 Å². The second-order valence-corrected chi connectivity index (χ2v) is 20.2. The zero-order chi connectivity index (χ0) is 49.8. The topological polar surface area (TPSA) is 33.6 Å². The van der Waals surface area contributed by atoms with E-state index in [0.717, 1.165) is 78.0 Å². The van der Waals surface area contributed by atoms with Gasteiger partial charge in [0.1, 0.15) is 0 Å². The highest BCUT2D eigenvalue weighted by atomic mass is 19.4. The number of hydrogen-bond acceptors (Lipinski definition) is 1. The minimum Gasteiger partial charge on any atom is -0.309 e. The summed E-state index contributed by atoms with van der Waals surface area (Å²) < 4.78 is 91.5. The van der Waals surface area contributed by atoms with Crippen molar-refractivity contribution < 1.29 is 26.3 Å². The van der Waals surface area contributed by atoms with Crippen LogP contribution in [0, 0.1) is 11.3 Å². The molecule has 0 radical (unpaired) electrons. The first-order valence-electron chi connectivity index (χ1n) is 23.8. The quantitative estimate of drug-likeness (QED) is 0.162. The largest absolute Gasteiger partial charge is 0.416 e. The Labute approximate surface area is 410 Å². The molecule has 0 bridgehead atoms. The number of aromatic nitrogens is 2. The first-order chi connectivity index (χ1) is 34.5. The van der Waals surface area contributed by atoms with Crippen molar-refractivity contribution in [2.45, 2.75) is 50.9 Å². The van der Waals surface area contributed by atoms with E-state index in [-0.39, 0.29) is 28.0 Å². The Morgan fingerprint density at radius 2 is 0.875 bits per heavy atom. The van der Waals surface area contributed by atoms with Crippen molar-refractivity contribution in [1.29, 1.82) is 5.26 Å². The number of nitrogens with zero attached hydrogens (tertiary/aromatic N) is 3. The summed E-state index contributed by atoms with van der Waals surface area (Å²) in [6.45, 7) is 8.94. The van der Waals surface area contributed by atoms with Gasteiger partial charge in [0.25, 0.3) is 0 Å². The van der Waals surface area contributed by atoms with Gasteiger partial charge in [-0.25, -0.2) is 0 Å². The van der Waals surface area contributed by atoms with Gasteiger partial charge >= 0.3 is 12.4 Å². The number of rotatable bonds is 4. The summed E-state index contributed by atoms with van der Waals surface area (Å²) in [6.07, 6.45) is -10.1. The molecule has 2 aliphatic rings. The number of para-hydroxylation sites is 2. The van der Waals surface area contributed by atoms with Crippen molar-refractivity contribution in [3.63, 3.8) is 0 Å². The molecule has 9 aromatic carbocycles. The molecule has 2 aromatic heterocycles. The monoisotopic (exact) mass is 953 g/mol. The lowest BCUT2D eigenvalue weighted by molar-refractivity contribution is -0.143. The molecule has 11 aromatic rings. The number of fused-ring (bicyclic) bond motifs is 14. The Bertz CT molecular complexity index is 4180. The van der Waals surface area contributed by atoms with Crippen molar-refractivity contribution in [2.75, 3.05) is 0 Å². The molecule has 0 aliphatic heterocycles. The van der Waals surface area contributed by atoms with Crippen LogP contribution < -0.4 is 0 Å². The second-order valence-electron chi connectivity index (χ2n) is 20.2. The fraction of sp³-hybridized carbons (Fsp3) is 0.127. The molecule has 0 spiro atoms. The lowest BCUT2D eigenvalue weighted by Crippen LogP contribution is -2.15. The predicted octanol–water partition coefficient (Wildman–Crippen LogP) is 17.7. The third-order valence-corrected chi connectivity index (χ3v) is 15.5. The van der Waals surface area contributed by atoms with Gasteiger partial charge in [0.05, 0.1) is 56.2 Å². The van der Waals surface area contributed by atoms with Crippen LogP contribution in [0.25, 0.3) is 99.5 Å². The highest BCUT2D eigenvalue weighted by Gasteiger charge is 2.41. The zero-order valence-electron chi connectivity index (χ0n) is 39.4. The van der Waals surface area contributed by atoms with Gasteiger partial charge in [0, 0.05) is 43.5 Å². The Morgan fingerprint density at radius 1 is 0.403 bits per heavy atom. The van der Waals surface area contributed by atoms with Gasteiger partial charge in [0.2, 0.25) is 0 Å². The number of benzene rings is 9. The van der Waals surface area contributed by atoms with Crippen LogP contribution in [0.3, 0.4) is 0 Å². The average molecular weight is 954 g/mol. The Balaban J connectivity index is 1.15. The molecule has 0 atom stereocenters. The van der Waals surface area contributed by atoms with E-state index in [0.29, 0.717) is 28.1 Å². The summed E-state index contributed by atoms with van der Waals surface area (Å²) in [5, 5.41) is 14.7. The van der Waals surface area contributed by atoms with Gasteiger partial charge in [-0.3, -0.25) is 0 Å². The molecule has 0 amide bonds. The molecule has 13 rings (SSSR count). The molecular weight excluding hydrogens is 913 g/mol. The predicted molar refractivity (Wildman–Crippen MR) is 276 cm³/mol. The first-order valence-corrected chi connectivity index (χ1v) is 23.8. The molecule has 0 saturated heterocycles. The standard InChI is InChI=1S/C63H41F6N3/c1-60(2)48-17-9-5-13-40(48)43-24-27-53-56(58(43)60)45-15-7-11-19-50(45)71(53)52-26-22-36(37-30-38(62(64,65)66)33-39(31-37)63(67,68)69)32-47(52)42-23-21-35(34-70)29-55(42)72-51-20-12-8-16-46(51)57-54(72)28-25-44-41-14-6-10-18-49(41)61(3,4)59(44)57/h5-33H,1-4H3. The normalized spacial score (nSPS) is 14.5. The minimum absolute atomic E-state index is 0.151. The van der Waals surface area contributed by atoms with Crippen LogP contribution in [0.15, 0.2) is 176 Å². The molecule has 0 fully saturated rings. The van der Waals surface area contributed by atoms with E-state index in [9.17, 15) is 31.6 Å². The van der Waals surface area contributed by atoms with E-state index in [1.165, 1.54) is 22.3 Å². The summed E-state index contributed by atoms with van der Waals surface area (Å²) in [5.41, 5.74) is 11.9. The molecule has 0 unspecified atom stereocenters. The van der Waals surface area contributed by atoms with Crippen LogP contribution in [0.2, 0.25) is 0 Å². The number of nitriles is 1. The van der Waals surface area contributed by atoms with Crippen LogP contribution in [-0.4, -0.2) is 9.13 Å². The molecule has 72 heavy (non-hydrogen) atoms. The third kappa shape index (κ3) is 6.05. The third-order valence-electron chi connectivity index (χ3n) is 15.5. The van der Waals surface area contributed by atoms with Crippen molar-refractivity contribution in [3.8, 4) is 62.0 Å². The van der Waals surface area contributed by atoms with Crippen molar-refractivity contribution in [2.24, 2.45) is 0 Å². The van der Waals surface area contributed by atoms with Crippen molar-refractivity contribution in [3.05, 3.63) is 215 Å². The van der Waals surface area contributed by atoms with Gasteiger partial charge in [-0.05, 0) is 122 Å². The van der Waals surface area contributed by atoms with E-state index in [4.69, 9.17) is 0 Å². The minimum atomic E-state index is -5.05. The van der Waals surface area contributed by atoms with Crippen LogP contribution >= 0.6 is 0 Å². The highest BCUT2D eigenvalue weighted by molar-refractivity contribution is 6.16. The zero-order valence-corrected chi connectivity index (χ0v) is 39.4. The number of alkyl halides is 6. The first kappa shape index (κ1) is 43.7. The van der Waals surface area contributed by atoms with Gasteiger partial charge in [-0.1, -0.05) is 137 Å². The van der Waals surface area contributed by atoms with E-state index < -0.39 is 23.5 Å². The summed E-state index contributed by atoms with van der Waals surface area (Å²) in [7, 11) is 0. The average Bonchev–Trinajstić information content (AvgIpc) is 4.04. The van der Waals surface area contributed by atoms with Crippen LogP contribution in [-0.2, 0) is 23.2 Å². The number of halogens is 6. The molecule has 3 nitrogen and oxygen atoms in total. The van der Waals surface area contributed by atoms with E-state index >= 15 is 0 Å². The van der Waals surface area contributed by atoms with Gasteiger partial charge in [-0.15, -0.1) is 0 Å². The fourth-order valence-corrected chi connectivity index (χ4v) is 12.4. The molecule has 0 saturated carbocycles. The van der Waals surface area contributed by atoms with Gasteiger partial charge in [0.15, 0.2) is 0 Å². The Morgan fingerprint density at radius 3 is 1.39 bits per heavy atom. The summed E-state index contributed by atoms with van der Waals surface area (Å²) in [6, 6.07) is 56.2. The molecule has 350 valence electrons. The Hall–Kier alpha value is -8.35. The lowest BCUT2D eigenvalue weighted by atomic mass is 9.80. The number of hydrogen-bond donors (Lipinski definition) is 0. The summed E-state index contributed by atoms with van der Waals surface area (Å²) in [4.78, 5) is 0. The summed E-state index contributed by atoms with van der Waals surface area (Å²) >= 11 is 0. The molecule has 9 heteroatoms. The van der Waals surface area contributed by atoms with Gasteiger partial charge < -0.3 is 9.13 Å². The molecule has 2 heterocycles. The summed E-state index contributed by atoms with van der Waals surface area (Å²) in [5.74, 6) is 0. The van der Waals surface area contributed by atoms with Crippen LogP contribution in [0.1, 0.15) is 66.6 Å². The Kier molecular flexibility index (Phi) is 9.00. The maximum Gasteiger partial charge on any atom is 0.416 e. The smallest absolute Gasteiger partial charge is 0.309 e. The SMILES string of the molecule is CC1(C)c2ccccc2-c2ccc3c(c21)c1ccccc1n3-c1ccc(-c2cc(C(F)(F)F)cc(C(F)(F)F)c2)cc1-c1ccc(C#N)cc1-n1c2ccccc2c2c3c(ccc21)-c1ccccc1C3(C)C. The van der Waals surface area contributed by atoms with Crippen molar-refractivity contribution >= 4 is 43.6 Å². The van der Waals surface area contributed by atoms with Gasteiger partial charge in [-0.2, -0.15) is 31.6 Å². The van der Waals surface area contributed by atoms with Crippen LogP contribution in [0.5, 0.6) is 0 Å². The maximum absolute atomic E-state index is 14.5. The van der Waals surface area contributed by atoms with Crippen molar-refractivity contribution in [1.82, 2.24) is 9.13 Å². The van der Waals surface area contributed by atoms with Crippen LogP contribution in [0.4, 0.5) is 26.3 Å². The molecule has 0 N–H and O–H groups in total. The lowest BCUT2D eigenvalue weighted by Gasteiger charge is -2.23. The maximum atomic E-state index is 14.5. The van der Waals surface area contributed by atoms with E-state index in [2.05, 4.69) is 122 Å². The fourth-order valence-electron chi connectivity index (χ4n) is 12.4. The molecular formula is C63H41F6N3. The second kappa shape index (κ2) is 14.8.